The molecule has 1 unspecified atom stereocenters. The highest BCUT2D eigenvalue weighted by Gasteiger charge is 2.60. The molecule has 0 radical (unpaired) electrons. The van der Waals surface area contributed by atoms with Gasteiger partial charge in [0.1, 0.15) is 17.9 Å². The van der Waals surface area contributed by atoms with E-state index in [1.54, 1.807) is 10.6 Å². The highest BCUT2D eigenvalue weighted by molar-refractivity contribution is 7.46. The van der Waals surface area contributed by atoms with Crippen LogP contribution in [-0.4, -0.2) is 74.1 Å². The molecule has 0 aliphatic carbocycles. The lowest BCUT2D eigenvalue weighted by Gasteiger charge is -2.36. The van der Waals surface area contributed by atoms with Crippen LogP contribution in [0.5, 0.6) is 5.75 Å². The molecule has 17 heteroatoms. The maximum atomic E-state index is 11.5. The Kier molecular flexibility index (Phi) is 5.98. The van der Waals surface area contributed by atoms with Crippen molar-refractivity contribution in [2.24, 2.45) is 5.73 Å². The third-order valence-electron chi connectivity index (χ3n) is 6.68. The molecular weight excluding hydrogens is 510 g/mol. The molecule has 2 saturated heterocycles. The van der Waals surface area contributed by atoms with Crippen LogP contribution < -0.4 is 21.7 Å². The Morgan fingerprint density at radius 3 is 2.76 bits per heavy atom. The Morgan fingerprint density at radius 2 is 2.00 bits per heavy atom. The van der Waals surface area contributed by atoms with E-state index in [9.17, 15) is 14.4 Å². The Morgan fingerprint density at radius 1 is 1.19 bits per heavy atom. The zero-order chi connectivity index (χ0) is 25.9. The first kappa shape index (κ1) is 24.7. The minimum atomic E-state index is -4.79. The van der Waals surface area contributed by atoms with Crippen LogP contribution in [0, 0.1) is 0 Å². The van der Waals surface area contributed by atoms with Crippen molar-refractivity contribution in [3.63, 3.8) is 0 Å². The molecule has 0 amide bonds. The molecular formula is C20H25BN6O9P-. The minimum absolute atomic E-state index is 0.168. The zero-order valence-electron chi connectivity index (χ0n) is 19.6. The molecule has 3 aliphatic heterocycles. The smallest absolute Gasteiger partial charge is 0.469 e. The number of phosphoric acid groups is 1. The van der Waals surface area contributed by atoms with Crippen LogP contribution in [0.25, 0.3) is 11.2 Å². The monoisotopic (exact) mass is 535 g/mol. The molecule has 3 aliphatic rings. The molecule has 37 heavy (non-hydrogen) atoms. The predicted molar refractivity (Wildman–Crippen MR) is 127 cm³/mol. The SMILES string of the molecule is CCOc1cccc2c1[B-]1(O[C@@H]3[C@H](O1)[C@@H](COP(=O)(O)O)O[C@H]3n1cnc3c(N)ncnc31)O[C@@H]2CN. The summed E-state index contributed by atoms with van der Waals surface area (Å²) in [6.45, 7) is -0.614. The van der Waals surface area contributed by atoms with Gasteiger partial charge in [0.2, 0.25) is 0 Å². The van der Waals surface area contributed by atoms with Gasteiger partial charge >= 0.3 is 14.6 Å². The average molecular weight is 535 g/mol. The Hall–Kier alpha value is -2.66. The molecule has 5 heterocycles. The first-order chi connectivity index (χ1) is 17.7. The van der Waals surface area contributed by atoms with Crippen LogP contribution in [0.15, 0.2) is 30.9 Å². The van der Waals surface area contributed by atoms with E-state index in [1.165, 1.54) is 12.7 Å². The van der Waals surface area contributed by atoms with Crippen molar-refractivity contribution in [1.82, 2.24) is 19.5 Å². The zero-order valence-corrected chi connectivity index (χ0v) is 20.5. The molecule has 6 rings (SSSR count). The van der Waals surface area contributed by atoms with Crippen molar-refractivity contribution >= 4 is 37.0 Å². The molecule has 6 atom stereocenters. The maximum Gasteiger partial charge on any atom is 0.469 e. The van der Waals surface area contributed by atoms with Crippen molar-refractivity contribution < 1.29 is 42.3 Å². The van der Waals surface area contributed by atoms with Crippen molar-refractivity contribution in [2.75, 3.05) is 25.5 Å². The number of nitrogen functional groups attached to an aromatic ring is 1. The summed E-state index contributed by atoms with van der Waals surface area (Å²) in [6.07, 6.45) is -1.21. The molecule has 2 aromatic heterocycles. The number of nitrogens with two attached hydrogens (primary N) is 2. The quantitative estimate of drug-likeness (QED) is 0.222. The number of imidazole rings is 1. The van der Waals surface area contributed by atoms with Gasteiger partial charge in [0.25, 0.3) is 0 Å². The highest BCUT2D eigenvalue weighted by Crippen LogP contribution is 2.48. The largest absolute Gasteiger partial charge is 0.534 e. The average Bonchev–Trinajstić information content (AvgIpc) is 3.60. The molecule has 0 bridgehead atoms. The molecule has 1 spiro atoms. The van der Waals surface area contributed by atoms with Gasteiger partial charge in [-0.25, -0.2) is 19.5 Å². The van der Waals surface area contributed by atoms with E-state index in [1.807, 2.05) is 19.1 Å². The topological polar surface area (TPSA) is 209 Å². The Balaban J connectivity index is 1.42. The minimum Gasteiger partial charge on any atom is -0.534 e. The second-order valence-corrected chi connectivity index (χ2v) is 10.1. The fourth-order valence-corrected chi connectivity index (χ4v) is 5.63. The van der Waals surface area contributed by atoms with Crippen molar-refractivity contribution in [3.8, 4) is 5.75 Å². The molecule has 15 nitrogen and oxygen atoms in total. The summed E-state index contributed by atoms with van der Waals surface area (Å²) < 4.78 is 49.2. The van der Waals surface area contributed by atoms with Gasteiger partial charge in [-0.2, -0.15) is 0 Å². The van der Waals surface area contributed by atoms with E-state index in [0.717, 1.165) is 5.56 Å². The number of anilines is 1. The lowest BCUT2D eigenvalue weighted by molar-refractivity contribution is -0.0682. The van der Waals surface area contributed by atoms with Gasteiger partial charge in [-0.15, -0.1) is 0 Å². The standard InChI is InChI=1S/C20H25BN6O9P/c1-2-31-11-5-3-4-10-12(6-22)34-21(14(10)11)35-16-13(7-32-37(28,29)30)33-20(17(16)36-21)27-9-26-15-18(23)24-8-25-19(15)27/h3-5,8-9,12-13,16-17,20H,2,6-7,22H2,1H3,(H2,23,24,25)(H2,28,29,30)/q-1/t12-,13-,16-,17-,20-,21?/m1/s1. The van der Waals surface area contributed by atoms with Gasteiger partial charge < -0.3 is 44.7 Å². The number of aromatic nitrogens is 4. The number of phosphoric ester groups is 1. The maximum absolute atomic E-state index is 11.5. The summed E-state index contributed by atoms with van der Waals surface area (Å²) in [6, 6.07) is 5.50. The molecule has 3 aromatic rings. The summed E-state index contributed by atoms with van der Waals surface area (Å²) in [5, 5.41) is 0. The van der Waals surface area contributed by atoms with Crippen LogP contribution >= 0.6 is 7.82 Å². The van der Waals surface area contributed by atoms with E-state index in [4.69, 9.17) is 39.4 Å². The van der Waals surface area contributed by atoms with Crippen molar-refractivity contribution in [2.45, 2.75) is 37.6 Å². The number of hydrogen-bond acceptors (Lipinski definition) is 12. The van der Waals surface area contributed by atoms with E-state index < -0.39 is 51.8 Å². The lowest BCUT2D eigenvalue weighted by atomic mass is 9.69. The Labute approximate surface area is 210 Å². The molecule has 198 valence electrons. The van der Waals surface area contributed by atoms with Crippen LogP contribution in [0.1, 0.15) is 24.8 Å². The third kappa shape index (κ3) is 4.01. The molecule has 1 aromatic carbocycles. The first-order valence-corrected chi connectivity index (χ1v) is 13.2. The van der Waals surface area contributed by atoms with Gasteiger partial charge in [-0.1, -0.05) is 17.6 Å². The van der Waals surface area contributed by atoms with E-state index in [-0.39, 0.29) is 12.4 Å². The van der Waals surface area contributed by atoms with Gasteiger partial charge in [-0.05, 0) is 18.6 Å². The van der Waals surface area contributed by atoms with Crippen LogP contribution in [0.2, 0.25) is 0 Å². The van der Waals surface area contributed by atoms with E-state index in [0.29, 0.717) is 29.0 Å². The van der Waals surface area contributed by atoms with Crippen LogP contribution in [0.4, 0.5) is 5.82 Å². The molecule has 0 saturated carbocycles. The summed E-state index contributed by atoms with van der Waals surface area (Å²) >= 11 is 0. The number of hydrogen-bond donors (Lipinski definition) is 4. The number of rotatable bonds is 7. The van der Waals surface area contributed by atoms with E-state index >= 15 is 0 Å². The van der Waals surface area contributed by atoms with Crippen molar-refractivity contribution in [3.05, 3.63) is 36.4 Å². The van der Waals surface area contributed by atoms with Gasteiger partial charge in [0.05, 0.1) is 43.6 Å². The summed E-state index contributed by atoms with van der Waals surface area (Å²) in [7, 11) is -4.79. The van der Waals surface area contributed by atoms with Gasteiger partial charge in [0, 0.05) is 6.54 Å². The fraction of sp³-hybridized carbons (Fsp3) is 0.450. The predicted octanol–water partition coefficient (Wildman–Crippen LogP) is -0.526. The van der Waals surface area contributed by atoms with Gasteiger partial charge in [-0.3, -0.25) is 9.09 Å². The Bertz CT molecular complexity index is 1390. The summed E-state index contributed by atoms with van der Waals surface area (Å²) in [5.74, 6) is 0.717. The summed E-state index contributed by atoms with van der Waals surface area (Å²) in [4.78, 5) is 31.1. The summed E-state index contributed by atoms with van der Waals surface area (Å²) in [5.41, 5.74) is 14.1. The number of benzene rings is 1. The van der Waals surface area contributed by atoms with Crippen LogP contribution in [-0.2, 0) is 27.8 Å². The first-order valence-electron chi connectivity index (χ1n) is 11.7. The second kappa shape index (κ2) is 8.98. The molecule has 6 N–H and O–H groups in total. The number of nitrogens with zero attached hydrogens (tertiary/aromatic N) is 4. The highest BCUT2D eigenvalue weighted by atomic mass is 31.2. The van der Waals surface area contributed by atoms with Crippen molar-refractivity contribution in [1.29, 1.82) is 0 Å². The second-order valence-electron chi connectivity index (χ2n) is 8.83. The number of fused-ring (bicyclic) bond motifs is 4. The van der Waals surface area contributed by atoms with Gasteiger partial charge in [0.15, 0.2) is 17.7 Å². The van der Waals surface area contributed by atoms with Crippen LogP contribution in [0.3, 0.4) is 0 Å². The third-order valence-corrected chi connectivity index (χ3v) is 7.17. The fourth-order valence-electron chi connectivity index (χ4n) is 5.29. The lowest BCUT2D eigenvalue weighted by Crippen LogP contribution is -2.52. The normalized spacial score (nSPS) is 30.8. The number of ether oxygens (including phenoxy) is 2. The van der Waals surface area contributed by atoms with E-state index in [2.05, 4.69) is 15.0 Å². The molecule has 2 fully saturated rings.